The molecular formula is C12H18N4O. The van der Waals surface area contributed by atoms with E-state index in [2.05, 4.69) is 20.2 Å². The Morgan fingerprint density at radius 2 is 2.24 bits per heavy atom. The summed E-state index contributed by atoms with van der Waals surface area (Å²) < 4.78 is 5.34. The summed E-state index contributed by atoms with van der Waals surface area (Å²) in [5.41, 5.74) is 1.12. The Hall–Kier alpha value is -1.20. The Morgan fingerprint density at radius 1 is 1.35 bits per heavy atom. The molecule has 0 unspecified atom stereocenters. The Balaban J connectivity index is 1.77. The number of aromatic nitrogens is 2. The van der Waals surface area contributed by atoms with Crippen molar-refractivity contribution in [3.8, 4) is 0 Å². The molecule has 0 radical (unpaired) electrons. The van der Waals surface area contributed by atoms with Crippen LogP contribution >= 0.6 is 0 Å². The first-order valence-corrected chi connectivity index (χ1v) is 6.32. The van der Waals surface area contributed by atoms with Crippen LogP contribution in [0.1, 0.15) is 24.6 Å². The number of nitrogens with one attached hydrogen (secondary N) is 1. The molecule has 0 aliphatic carbocycles. The highest BCUT2D eigenvalue weighted by atomic mass is 16.5. The van der Waals surface area contributed by atoms with Crippen molar-refractivity contribution >= 4 is 5.95 Å². The molecule has 1 atom stereocenters. The molecule has 0 saturated carbocycles. The lowest BCUT2D eigenvalue weighted by Gasteiger charge is -2.27. The topological polar surface area (TPSA) is 50.3 Å². The molecule has 5 heteroatoms. The minimum atomic E-state index is 0.415. The van der Waals surface area contributed by atoms with Gasteiger partial charge in [-0.15, -0.1) is 0 Å². The van der Waals surface area contributed by atoms with Gasteiger partial charge in [0.1, 0.15) is 0 Å². The predicted molar refractivity (Wildman–Crippen MR) is 65.0 cm³/mol. The third kappa shape index (κ3) is 2.40. The maximum absolute atomic E-state index is 5.34. The van der Waals surface area contributed by atoms with Gasteiger partial charge in [-0.3, -0.25) is 0 Å². The van der Waals surface area contributed by atoms with Gasteiger partial charge >= 0.3 is 0 Å². The second kappa shape index (κ2) is 4.98. The van der Waals surface area contributed by atoms with Gasteiger partial charge in [0.25, 0.3) is 0 Å². The van der Waals surface area contributed by atoms with Crippen LogP contribution in [-0.2, 0) is 4.74 Å². The quantitative estimate of drug-likeness (QED) is 0.818. The van der Waals surface area contributed by atoms with Gasteiger partial charge in [-0.2, -0.15) is 0 Å². The minimum Gasteiger partial charge on any atom is -0.378 e. The van der Waals surface area contributed by atoms with Crippen LogP contribution in [0.4, 0.5) is 5.95 Å². The zero-order chi connectivity index (χ0) is 11.5. The molecule has 2 aliphatic heterocycles. The van der Waals surface area contributed by atoms with Crippen LogP contribution in [0.5, 0.6) is 0 Å². The van der Waals surface area contributed by atoms with Crippen molar-refractivity contribution in [2.75, 3.05) is 37.7 Å². The summed E-state index contributed by atoms with van der Waals surface area (Å²) in [4.78, 5) is 11.2. The SMILES string of the molecule is c1cc([C@@H]2CCCN2)nc(N2CCOCC2)n1. The van der Waals surface area contributed by atoms with Gasteiger partial charge < -0.3 is 15.0 Å². The summed E-state index contributed by atoms with van der Waals surface area (Å²) >= 11 is 0. The highest BCUT2D eigenvalue weighted by Gasteiger charge is 2.20. The molecule has 0 bridgehead atoms. The molecule has 2 aliphatic rings. The van der Waals surface area contributed by atoms with E-state index in [9.17, 15) is 0 Å². The lowest BCUT2D eigenvalue weighted by molar-refractivity contribution is 0.122. The molecule has 0 spiro atoms. The summed E-state index contributed by atoms with van der Waals surface area (Å²) in [6, 6.07) is 2.44. The third-order valence-electron chi connectivity index (χ3n) is 3.38. The number of hydrogen-bond acceptors (Lipinski definition) is 5. The van der Waals surface area contributed by atoms with E-state index in [1.165, 1.54) is 12.8 Å². The number of anilines is 1. The normalized spacial score (nSPS) is 25.2. The zero-order valence-electron chi connectivity index (χ0n) is 9.93. The molecule has 92 valence electrons. The third-order valence-corrected chi connectivity index (χ3v) is 3.38. The average Bonchev–Trinajstić information content (AvgIpc) is 2.94. The minimum absolute atomic E-state index is 0.415. The van der Waals surface area contributed by atoms with Crippen molar-refractivity contribution in [1.29, 1.82) is 0 Å². The monoisotopic (exact) mass is 234 g/mol. The second-order valence-electron chi connectivity index (χ2n) is 4.53. The van der Waals surface area contributed by atoms with Crippen LogP contribution in [-0.4, -0.2) is 42.8 Å². The molecule has 17 heavy (non-hydrogen) atoms. The summed E-state index contributed by atoms with van der Waals surface area (Å²) in [6.45, 7) is 4.43. The molecule has 3 rings (SSSR count). The highest BCUT2D eigenvalue weighted by Crippen LogP contribution is 2.22. The Kier molecular flexibility index (Phi) is 3.20. The van der Waals surface area contributed by atoms with E-state index in [0.29, 0.717) is 6.04 Å². The lowest BCUT2D eigenvalue weighted by atomic mass is 10.1. The first-order chi connectivity index (χ1) is 8.43. The van der Waals surface area contributed by atoms with E-state index < -0.39 is 0 Å². The van der Waals surface area contributed by atoms with E-state index >= 15 is 0 Å². The van der Waals surface area contributed by atoms with Crippen molar-refractivity contribution in [2.45, 2.75) is 18.9 Å². The maximum atomic E-state index is 5.34. The molecule has 0 amide bonds. The van der Waals surface area contributed by atoms with E-state index in [-0.39, 0.29) is 0 Å². The molecular weight excluding hydrogens is 216 g/mol. The summed E-state index contributed by atoms with van der Waals surface area (Å²) in [5, 5.41) is 3.47. The van der Waals surface area contributed by atoms with Crippen molar-refractivity contribution in [2.24, 2.45) is 0 Å². The largest absolute Gasteiger partial charge is 0.378 e. The maximum Gasteiger partial charge on any atom is 0.225 e. The molecule has 2 saturated heterocycles. The molecule has 1 N–H and O–H groups in total. The zero-order valence-corrected chi connectivity index (χ0v) is 9.93. The van der Waals surface area contributed by atoms with E-state index in [1.54, 1.807) is 0 Å². The smallest absolute Gasteiger partial charge is 0.225 e. The Labute approximate surface area is 101 Å². The molecule has 1 aromatic heterocycles. The summed E-state index contributed by atoms with van der Waals surface area (Å²) in [7, 11) is 0. The summed E-state index contributed by atoms with van der Waals surface area (Å²) in [5.74, 6) is 0.847. The van der Waals surface area contributed by atoms with Crippen LogP contribution in [0.15, 0.2) is 12.3 Å². The van der Waals surface area contributed by atoms with Gasteiger partial charge in [0.2, 0.25) is 5.95 Å². The van der Waals surface area contributed by atoms with E-state index in [4.69, 9.17) is 4.74 Å². The number of ether oxygens (including phenoxy) is 1. The first-order valence-electron chi connectivity index (χ1n) is 6.32. The predicted octanol–water partition coefficient (Wildman–Crippen LogP) is 0.738. The van der Waals surface area contributed by atoms with Crippen LogP contribution in [0.2, 0.25) is 0 Å². The van der Waals surface area contributed by atoms with Crippen molar-refractivity contribution in [3.05, 3.63) is 18.0 Å². The fourth-order valence-electron chi connectivity index (χ4n) is 2.41. The van der Waals surface area contributed by atoms with E-state index in [0.717, 1.165) is 44.5 Å². The number of nitrogens with zero attached hydrogens (tertiary/aromatic N) is 3. The molecule has 1 aromatic rings. The van der Waals surface area contributed by atoms with Crippen LogP contribution in [0, 0.1) is 0 Å². The second-order valence-corrected chi connectivity index (χ2v) is 4.53. The molecule has 3 heterocycles. The molecule has 5 nitrogen and oxygen atoms in total. The van der Waals surface area contributed by atoms with Crippen LogP contribution in [0.25, 0.3) is 0 Å². The van der Waals surface area contributed by atoms with Crippen LogP contribution in [0.3, 0.4) is 0 Å². The fraction of sp³-hybridized carbons (Fsp3) is 0.667. The average molecular weight is 234 g/mol. The van der Waals surface area contributed by atoms with Gasteiger partial charge in [-0.25, -0.2) is 9.97 Å². The molecule has 2 fully saturated rings. The lowest BCUT2D eigenvalue weighted by Crippen LogP contribution is -2.37. The molecule has 0 aromatic carbocycles. The van der Waals surface area contributed by atoms with Gasteiger partial charge in [0, 0.05) is 25.3 Å². The van der Waals surface area contributed by atoms with Gasteiger partial charge in [-0.1, -0.05) is 0 Å². The fourth-order valence-corrected chi connectivity index (χ4v) is 2.41. The summed E-state index contributed by atoms with van der Waals surface area (Å²) in [6.07, 6.45) is 4.29. The standard InChI is InChI=1S/C12H18N4O/c1-2-10(13-4-1)11-3-5-14-12(15-11)16-6-8-17-9-7-16/h3,5,10,13H,1-2,4,6-9H2/t10-/m0/s1. The van der Waals surface area contributed by atoms with Crippen molar-refractivity contribution < 1.29 is 4.74 Å². The van der Waals surface area contributed by atoms with Crippen LogP contribution < -0.4 is 10.2 Å². The van der Waals surface area contributed by atoms with Gasteiger partial charge in [0.05, 0.1) is 18.9 Å². The van der Waals surface area contributed by atoms with Crippen molar-refractivity contribution in [3.63, 3.8) is 0 Å². The Bertz CT molecular complexity index is 373. The number of morpholine rings is 1. The van der Waals surface area contributed by atoms with Gasteiger partial charge in [-0.05, 0) is 25.5 Å². The van der Waals surface area contributed by atoms with E-state index in [1.807, 2.05) is 12.3 Å². The first kappa shape index (κ1) is 10.9. The Morgan fingerprint density at radius 3 is 3.00 bits per heavy atom. The number of rotatable bonds is 2. The van der Waals surface area contributed by atoms with Crippen molar-refractivity contribution in [1.82, 2.24) is 15.3 Å². The number of hydrogen-bond donors (Lipinski definition) is 1. The van der Waals surface area contributed by atoms with Gasteiger partial charge in [0.15, 0.2) is 0 Å². The highest BCUT2D eigenvalue weighted by molar-refractivity contribution is 5.31.